The van der Waals surface area contributed by atoms with E-state index in [-0.39, 0.29) is 5.92 Å². The number of carbonyl (C=O) groups is 1. The maximum atomic E-state index is 12.2. The second kappa shape index (κ2) is 7.40. The number of nitrogens with two attached hydrogens (primary N) is 1. The first-order valence-electron chi connectivity index (χ1n) is 10.4. The zero-order valence-corrected chi connectivity index (χ0v) is 17.2. The number of rotatable bonds is 3. The lowest BCUT2D eigenvalue weighted by Crippen LogP contribution is -2.33. The average molecular weight is 410 g/mol. The van der Waals surface area contributed by atoms with Crippen LogP contribution in [0.4, 0.5) is 5.69 Å². The molecule has 0 radical (unpaired) electrons. The van der Waals surface area contributed by atoms with Crippen molar-refractivity contribution in [2.75, 3.05) is 18.0 Å². The van der Waals surface area contributed by atoms with E-state index < -0.39 is 5.91 Å². The topological polar surface area (TPSA) is 112 Å². The molecule has 0 unspecified atom stereocenters. The van der Waals surface area contributed by atoms with Crippen molar-refractivity contribution in [3.05, 3.63) is 53.9 Å². The normalized spacial score (nSPS) is 14.8. The molecule has 3 N–H and O–H groups in total. The van der Waals surface area contributed by atoms with Crippen LogP contribution in [0.3, 0.4) is 0 Å². The van der Waals surface area contributed by atoms with Gasteiger partial charge in [0.25, 0.3) is 5.91 Å². The Morgan fingerprint density at radius 2 is 2.03 bits per heavy atom. The van der Waals surface area contributed by atoms with Crippen LogP contribution >= 0.6 is 0 Å². The summed E-state index contributed by atoms with van der Waals surface area (Å²) in [6.45, 7) is 3.65. The number of aromatic nitrogens is 3. The molecular formula is C24H22N6O. The molecule has 7 nitrogen and oxygen atoms in total. The number of fused-ring (bicyclic) bond motifs is 3. The van der Waals surface area contributed by atoms with Crippen molar-refractivity contribution >= 4 is 33.5 Å². The molecule has 1 fully saturated rings. The van der Waals surface area contributed by atoms with Gasteiger partial charge >= 0.3 is 0 Å². The van der Waals surface area contributed by atoms with Gasteiger partial charge in [-0.3, -0.25) is 9.78 Å². The van der Waals surface area contributed by atoms with E-state index in [4.69, 9.17) is 16.0 Å². The van der Waals surface area contributed by atoms with Crippen molar-refractivity contribution in [3.8, 4) is 17.3 Å². The third kappa shape index (κ3) is 3.36. The first-order valence-corrected chi connectivity index (χ1v) is 10.4. The van der Waals surface area contributed by atoms with Crippen LogP contribution in [-0.2, 0) is 0 Å². The summed E-state index contributed by atoms with van der Waals surface area (Å²) in [6, 6.07) is 14.2. The van der Waals surface area contributed by atoms with Gasteiger partial charge in [-0.1, -0.05) is 0 Å². The molecule has 1 aromatic carbocycles. The summed E-state index contributed by atoms with van der Waals surface area (Å²) in [5.74, 6) is -0.357. The van der Waals surface area contributed by atoms with Crippen LogP contribution < -0.4 is 10.6 Å². The second-order valence-electron chi connectivity index (χ2n) is 8.08. The Bertz CT molecular complexity index is 1340. The smallest absolute Gasteiger partial charge is 0.250 e. The highest BCUT2D eigenvalue weighted by molar-refractivity contribution is 6.14. The molecule has 4 heterocycles. The summed E-state index contributed by atoms with van der Waals surface area (Å²) in [5, 5.41) is 10.1. The van der Waals surface area contributed by atoms with Crippen LogP contribution in [0, 0.1) is 24.2 Å². The van der Waals surface area contributed by atoms with Crippen LogP contribution in [0.25, 0.3) is 33.2 Å². The van der Waals surface area contributed by atoms with E-state index in [2.05, 4.69) is 33.1 Å². The summed E-state index contributed by atoms with van der Waals surface area (Å²) in [4.78, 5) is 27.1. The molecule has 1 saturated heterocycles. The van der Waals surface area contributed by atoms with Gasteiger partial charge in [-0.15, -0.1) is 0 Å². The molecule has 0 spiro atoms. The Balaban J connectivity index is 1.62. The molecular weight excluding hydrogens is 388 g/mol. The number of benzene rings is 1. The Morgan fingerprint density at radius 3 is 2.71 bits per heavy atom. The van der Waals surface area contributed by atoms with Gasteiger partial charge in [0.15, 0.2) is 0 Å². The molecule has 1 aliphatic rings. The Kier molecular flexibility index (Phi) is 4.55. The van der Waals surface area contributed by atoms with Crippen LogP contribution in [0.2, 0.25) is 0 Å². The average Bonchev–Trinajstić information content (AvgIpc) is 3.16. The van der Waals surface area contributed by atoms with Crippen molar-refractivity contribution in [3.63, 3.8) is 0 Å². The molecule has 1 aliphatic heterocycles. The molecule has 154 valence electrons. The lowest BCUT2D eigenvalue weighted by Gasteiger charge is -2.31. The predicted octanol–water partition coefficient (Wildman–Crippen LogP) is 3.93. The maximum absolute atomic E-state index is 12.2. The number of aryl methyl sites for hydroxylation is 1. The molecule has 7 heteroatoms. The molecule has 0 saturated carbocycles. The summed E-state index contributed by atoms with van der Waals surface area (Å²) in [5.41, 5.74) is 11.9. The van der Waals surface area contributed by atoms with Crippen molar-refractivity contribution in [2.24, 2.45) is 11.7 Å². The van der Waals surface area contributed by atoms with E-state index in [1.54, 1.807) is 12.3 Å². The van der Waals surface area contributed by atoms with E-state index >= 15 is 0 Å². The number of hydrogen-bond donors (Lipinski definition) is 2. The Labute approximate surface area is 179 Å². The largest absolute Gasteiger partial charge is 0.371 e. The molecule has 5 rings (SSSR count). The second-order valence-corrected chi connectivity index (χ2v) is 8.08. The summed E-state index contributed by atoms with van der Waals surface area (Å²) in [6.07, 6.45) is 3.51. The third-order valence-electron chi connectivity index (χ3n) is 6.05. The molecule has 4 aromatic rings. The van der Waals surface area contributed by atoms with Crippen molar-refractivity contribution < 1.29 is 4.79 Å². The lowest BCUT2D eigenvalue weighted by molar-refractivity contribution is 0.100. The van der Waals surface area contributed by atoms with Gasteiger partial charge in [0.1, 0.15) is 0 Å². The van der Waals surface area contributed by atoms with E-state index in [9.17, 15) is 4.79 Å². The Morgan fingerprint density at radius 1 is 1.23 bits per heavy atom. The number of piperidine rings is 1. The molecule has 3 aromatic heterocycles. The highest BCUT2D eigenvalue weighted by Gasteiger charge is 2.21. The number of H-pyrrole nitrogens is 1. The Hall–Kier alpha value is -3.92. The SMILES string of the molecule is Cc1ccc(-c2cc(C(N)=O)c3[nH]c4cc(N5CCC(C#N)CC5)ccc4c3n2)cn1. The number of pyridine rings is 2. The molecule has 0 aliphatic carbocycles. The van der Waals surface area contributed by atoms with Gasteiger partial charge in [-0.25, -0.2) is 4.98 Å². The van der Waals surface area contributed by atoms with Crippen molar-refractivity contribution in [1.29, 1.82) is 5.26 Å². The zero-order valence-electron chi connectivity index (χ0n) is 17.2. The minimum atomic E-state index is -0.501. The highest BCUT2D eigenvalue weighted by Crippen LogP contribution is 2.33. The first-order chi connectivity index (χ1) is 15.0. The lowest BCUT2D eigenvalue weighted by atomic mass is 9.98. The first kappa shape index (κ1) is 19.1. The number of anilines is 1. The fraction of sp³-hybridized carbons (Fsp3) is 0.250. The number of nitrogens with one attached hydrogen (secondary N) is 1. The number of primary amides is 1. The fourth-order valence-corrected chi connectivity index (χ4v) is 4.27. The number of carbonyl (C=O) groups excluding carboxylic acids is 1. The van der Waals surface area contributed by atoms with Crippen LogP contribution in [0.15, 0.2) is 42.6 Å². The third-order valence-corrected chi connectivity index (χ3v) is 6.05. The van der Waals surface area contributed by atoms with Gasteiger partial charge in [0.05, 0.1) is 33.9 Å². The monoisotopic (exact) mass is 410 g/mol. The molecule has 0 bridgehead atoms. The molecule has 1 amide bonds. The number of nitrogens with zero attached hydrogens (tertiary/aromatic N) is 4. The standard InChI is InChI=1S/C24H22N6O/c1-14-2-3-16(13-27-14)20-11-19(24(26)31)23-22(28-20)18-5-4-17(10-21(18)29-23)30-8-6-15(12-25)7-9-30/h2-5,10-11,13,15,29H,6-9H2,1H3,(H2,26,31). The van der Waals surface area contributed by atoms with Gasteiger partial charge in [0, 0.05) is 47.5 Å². The van der Waals surface area contributed by atoms with E-state index in [0.29, 0.717) is 16.8 Å². The van der Waals surface area contributed by atoms with Gasteiger partial charge < -0.3 is 15.6 Å². The minimum Gasteiger partial charge on any atom is -0.371 e. The molecule has 31 heavy (non-hydrogen) atoms. The summed E-state index contributed by atoms with van der Waals surface area (Å²) >= 11 is 0. The molecule has 0 atom stereocenters. The number of amides is 1. The van der Waals surface area contributed by atoms with Crippen LogP contribution in [0.5, 0.6) is 0 Å². The van der Waals surface area contributed by atoms with Gasteiger partial charge in [0.2, 0.25) is 0 Å². The summed E-state index contributed by atoms with van der Waals surface area (Å²) < 4.78 is 0. The zero-order chi connectivity index (χ0) is 21.5. The fourth-order valence-electron chi connectivity index (χ4n) is 4.27. The number of nitriles is 1. The number of aromatic amines is 1. The minimum absolute atomic E-state index is 0.144. The van der Waals surface area contributed by atoms with E-state index in [0.717, 1.165) is 59.3 Å². The van der Waals surface area contributed by atoms with E-state index in [1.165, 1.54) is 0 Å². The van der Waals surface area contributed by atoms with E-state index in [1.807, 2.05) is 25.1 Å². The highest BCUT2D eigenvalue weighted by atomic mass is 16.1. The quantitative estimate of drug-likeness (QED) is 0.532. The van der Waals surface area contributed by atoms with Crippen LogP contribution in [0.1, 0.15) is 28.9 Å². The maximum Gasteiger partial charge on any atom is 0.250 e. The van der Waals surface area contributed by atoms with Crippen molar-refractivity contribution in [2.45, 2.75) is 19.8 Å². The van der Waals surface area contributed by atoms with Crippen molar-refractivity contribution in [1.82, 2.24) is 15.0 Å². The van der Waals surface area contributed by atoms with Gasteiger partial charge in [-0.2, -0.15) is 5.26 Å². The van der Waals surface area contributed by atoms with Gasteiger partial charge in [-0.05, 0) is 56.2 Å². The summed E-state index contributed by atoms with van der Waals surface area (Å²) in [7, 11) is 0. The van der Waals surface area contributed by atoms with Crippen LogP contribution in [-0.4, -0.2) is 33.9 Å². The predicted molar refractivity (Wildman–Crippen MR) is 121 cm³/mol. The number of hydrogen-bond acceptors (Lipinski definition) is 5.